The highest BCUT2D eigenvalue weighted by molar-refractivity contribution is 5.24. The van der Waals surface area contributed by atoms with E-state index < -0.39 is 0 Å². The van der Waals surface area contributed by atoms with Gasteiger partial charge in [0.05, 0.1) is 6.61 Å². The number of hydrogen-bond donors (Lipinski definition) is 1. The molecule has 0 aromatic heterocycles. The SMILES string of the molecule is CC(C)CCOCc1cc(CN)ccc1F. The molecule has 0 aliphatic rings. The van der Waals surface area contributed by atoms with Crippen molar-refractivity contribution < 1.29 is 9.13 Å². The zero-order valence-electron chi connectivity index (χ0n) is 10.0. The van der Waals surface area contributed by atoms with Crippen LogP contribution in [0.3, 0.4) is 0 Å². The van der Waals surface area contributed by atoms with Crippen molar-refractivity contribution in [2.45, 2.75) is 33.4 Å². The second-order valence-electron chi connectivity index (χ2n) is 4.36. The molecule has 0 radical (unpaired) electrons. The molecule has 2 N–H and O–H groups in total. The van der Waals surface area contributed by atoms with E-state index in [-0.39, 0.29) is 5.82 Å². The molecule has 0 fully saturated rings. The monoisotopic (exact) mass is 225 g/mol. The van der Waals surface area contributed by atoms with Gasteiger partial charge in [0.2, 0.25) is 0 Å². The maximum absolute atomic E-state index is 13.4. The predicted molar refractivity (Wildman–Crippen MR) is 63.4 cm³/mol. The van der Waals surface area contributed by atoms with Gasteiger partial charge in [-0.05, 0) is 30.0 Å². The van der Waals surface area contributed by atoms with E-state index in [0.717, 1.165) is 12.0 Å². The Bertz CT molecular complexity index is 326. The molecule has 0 saturated carbocycles. The minimum Gasteiger partial charge on any atom is -0.377 e. The number of benzene rings is 1. The van der Waals surface area contributed by atoms with Gasteiger partial charge in [0.25, 0.3) is 0 Å². The first-order valence-corrected chi connectivity index (χ1v) is 5.68. The molecule has 0 unspecified atom stereocenters. The molecule has 3 heteroatoms. The van der Waals surface area contributed by atoms with E-state index in [1.165, 1.54) is 6.07 Å². The molecule has 0 aliphatic heterocycles. The van der Waals surface area contributed by atoms with Crippen LogP contribution in [0.5, 0.6) is 0 Å². The van der Waals surface area contributed by atoms with Crippen molar-refractivity contribution in [2.24, 2.45) is 11.7 Å². The molecule has 0 aliphatic carbocycles. The average molecular weight is 225 g/mol. The summed E-state index contributed by atoms with van der Waals surface area (Å²) in [6.07, 6.45) is 0.998. The maximum atomic E-state index is 13.4. The van der Waals surface area contributed by atoms with E-state index in [4.69, 9.17) is 10.5 Å². The third-order valence-electron chi connectivity index (χ3n) is 2.44. The Balaban J connectivity index is 2.46. The number of halogens is 1. The summed E-state index contributed by atoms with van der Waals surface area (Å²) in [4.78, 5) is 0. The van der Waals surface area contributed by atoms with Crippen LogP contribution < -0.4 is 5.73 Å². The number of nitrogens with two attached hydrogens (primary N) is 1. The maximum Gasteiger partial charge on any atom is 0.128 e. The first kappa shape index (κ1) is 13.1. The van der Waals surface area contributed by atoms with Crippen molar-refractivity contribution in [1.82, 2.24) is 0 Å². The van der Waals surface area contributed by atoms with E-state index in [1.807, 2.05) is 0 Å². The molecule has 0 saturated heterocycles. The van der Waals surface area contributed by atoms with E-state index in [2.05, 4.69) is 13.8 Å². The smallest absolute Gasteiger partial charge is 0.128 e. The van der Waals surface area contributed by atoms with Gasteiger partial charge in [-0.25, -0.2) is 4.39 Å². The van der Waals surface area contributed by atoms with Crippen LogP contribution in [0.15, 0.2) is 18.2 Å². The van der Waals surface area contributed by atoms with Crippen molar-refractivity contribution in [3.8, 4) is 0 Å². The van der Waals surface area contributed by atoms with Gasteiger partial charge in [0.15, 0.2) is 0 Å². The minimum atomic E-state index is -0.221. The molecule has 0 spiro atoms. The van der Waals surface area contributed by atoms with Crippen molar-refractivity contribution in [2.75, 3.05) is 6.61 Å². The molecule has 2 nitrogen and oxygen atoms in total. The van der Waals surface area contributed by atoms with Crippen molar-refractivity contribution in [3.05, 3.63) is 35.1 Å². The minimum absolute atomic E-state index is 0.221. The van der Waals surface area contributed by atoms with Gasteiger partial charge < -0.3 is 10.5 Å². The van der Waals surface area contributed by atoms with Crippen LogP contribution >= 0.6 is 0 Å². The molecule has 90 valence electrons. The Morgan fingerprint density at radius 3 is 2.75 bits per heavy atom. The van der Waals surface area contributed by atoms with Gasteiger partial charge in [0, 0.05) is 18.7 Å². The van der Waals surface area contributed by atoms with E-state index >= 15 is 0 Å². The van der Waals surface area contributed by atoms with Crippen LogP contribution in [0.1, 0.15) is 31.4 Å². The van der Waals surface area contributed by atoms with Crippen LogP contribution in [-0.2, 0) is 17.9 Å². The number of hydrogen-bond acceptors (Lipinski definition) is 2. The summed E-state index contributed by atoms with van der Waals surface area (Å²) in [5.41, 5.74) is 7.02. The standard InChI is InChI=1S/C13H20FNO/c1-10(2)5-6-16-9-12-7-11(8-15)3-4-13(12)14/h3-4,7,10H,5-6,8-9,15H2,1-2H3. The molecular formula is C13H20FNO. The van der Waals surface area contributed by atoms with Crippen molar-refractivity contribution in [3.63, 3.8) is 0 Å². The van der Waals surface area contributed by atoms with Crippen LogP contribution in [-0.4, -0.2) is 6.61 Å². The molecule has 0 bridgehead atoms. The lowest BCUT2D eigenvalue weighted by molar-refractivity contribution is 0.108. The van der Waals surface area contributed by atoms with Crippen LogP contribution in [0.25, 0.3) is 0 Å². The van der Waals surface area contributed by atoms with Crippen LogP contribution in [0.4, 0.5) is 4.39 Å². The second kappa shape index (κ2) is 6.61. The highest BCUT2D eigenvalue weighted by Gasteiger charge is 2.03. The predicted octanol–water partition coefficient (Wildman–Crippen LogP) is 2.85. The summed E-state index contributed by atoms with van der Waals surface area (Å²) in [7, 11) is 0. The molecule has 16 heavy (non-hydrogen) atoms. The van der Waals surface area contributed by atoms with Crippen molar-refractivity contribution in [1.29, 1.82) is 0 Å². The van der Waals surface area contributed by atoms with Gasteiger partial charge >= 0.3 is 0 Å². The topological polar surface area (TPSA) is 35.2 Å². The first-order valence-electron chi connectivity index (χ1n) is 5.68. The lowest BCUT2D eigenvalue weighted by Crippen LogP contribution is -2.03. The quantitative estimate of drug-likeness (QED) is 0.755. The Morgan fingerprint density at radius 1 is 1.38 bits per heavy atom. The summed E-state index contributed by atoms with van der Waals surface area (Å²) < 4.78 is 18.8. The van der Waals surface area contributed by atoms with E-state index in [9.17, 15) is 4.39 Å². The van der Waals surface area contributed by atoms with Gasteiger partial charge in [-0.2, -0.15) is 0 Å². The van der Waals surface area contributed by atoms with E-state index in [1.54, 1.807) is 12.1 Å². The Kier molecular flexibility index (Phi) is 5.43. The van der Waals surface area contributed by atoms with Gasteiger partial charge in [-0.15, -0.1) is 0 Å². The third kappa shape index (κ3) is 4.29. The van der Waals surface area contributed by atoms with Crippen LogP contribution in [0.2, 0.25) is 0 Å². The second-order valence-corrected chi connectivity index (χ2v) is 4.36. The fraction of sp³-hybridized carbons (Fsp3) is 0.538. The lowest BCUT2D eigenvalue weighted by Gasteiger charge is -2.08. The summed E-state index contributed by atoms with van der Waals surface area (Å²) in [6.45, 7) is 5.70. The Hall–Kier alpha value is -0.930. The average Bonchev–Trinajstić information content (AvgIpc) is 2.26. The van der Waals surface area contributed by atoms with Crippen molar-refractivity contribution >= 4 is 0 Å². The summed E-state index contributed by atoms with van der Waals surface area (Å²) in [6, 6.07) is 4.92. The van der Waals surface area contributed by atoms with Gasteiger partial charge in [0.1, 0.15) is 5.82 Å². The summed E-state index contributed by atoms with van der Waals surface area (Å²) in [5.74, 6) is 0.391. The lowest BCUT2D eigenvalue weighted by atomic mass is 10.1. The molecule has 1 rings (SSSR count). The van der Waals surface area contributed by atoms with Gasteiger partial charge in [-0.1, -0.05) is 19.9 Å². The fourth-order valence-electron chi connectivity index (χ4n) is 1.37. The normalized spacial score (nSPS) is 11.1. The molecule has 1 aromatic carbocycles. The van der Waals surface area contributed by atoms with Gasteiger partial charge in [-0.3, -0.25) is 0 Å². The summed E-state index contributed by atoms with van der Waals surface area (Å²) >= 11 is 0. The largest absolute Gasteiger partial charge is 0.377 e. The summed E-state index contributed by atoms with van der Waals surface area (Å²) in [5, 5.41) is 0. The Labute approximate surface area is 96.6 Å². The highest BCUT2D eigenvalue weighted by Crippen LogP contribution is 2.12. The number of rotatable bonds is 6. The molecule has 1 aromatic rings. The highest BCUT2D eigenvalue weighted by atomic mass is 19.1. The van der Waals surface area contributed by atoms with E-state index in [0.29, 0.717) is 31.2 Å². The van der Waals surface area contributed by atoms with Crippen LogP contribution in [0, 0.1) is 11.7 Å². The molecule has 0 amide bonds. The molecule has 0 heterocycles. The zero-order valence-corrected chi connectivity index (χ0v) is 10.0. The number of ether oxygens (including phenoxy) is 1. The Morgan fingerprint density at radius 2 is 2.12 bits per heavy atom. The molecule has 0 atom stereocenters. The molecular weight excluding hydrogens is 205 g/mol. The fourth-order valence-corrected chi connectivity index (χ4v) is 1.37. The third-order valence-corrected chi connectivity index (χ3v) is 2.44. The zero-order chi connectivity index (χ0) is 12.0. The first-order chi connectivity index (χ1) is 7.63.